The van der Waals surface area contributed by atoms with Crippen LogP contribution >= 0.6 is 0 Å². The van der Waals surface area contributed by atoms with Gasteiger partial charge in [0.1, 0.15) is 6.61 Å². The van der Waals surface area contributed by atoms with E-state index in [1.54, 1.807) is 0 Å². The number of unbranched alkanes of at least 4 members (excludes halogenated alkanes) is 1. The molecule has 1 fully saturated rings. The lowest BCUT2D eigenvalue weighted by Crippen LogP contribution is -2.64. The highest BCUT2D eigenvalue weighted by Crippen LogP contribution is 2.28. The summed E-state index contributed by atoms with van der Waals surface area (Å²) in [5.41, 5.74) is 10.7. The van der Waals surface area contributed by atoms with Gasteiger partial charge in [-0.15, -0.1) is 0 Å². The summed E-state index contributed by atoms with van der Waals surface area (Å²) < 4.78 is 25.8. The standard InChI is InChI=1S/C19H29N5O10/c1-9(25)23-13-10(24-17(21)27)7-11(16(26)30-2)32-15(13)14(12-8-31-19(29)33-12)34-18(28)22-6-4-3-5-20/h7,10,12-15H,3-6,8,20H2,1-2H3,(H,22,28)(H,23,25)(H3,21,24,27)/t10-,12+,13+,14+,15+/m0/s1. The smallest absolute Gasteiger partial charge is 0.477 e. The number of primary amides is 1. The van der Waals surface area contributed by atoms with Crippen molar-refractivity contribution in [3.05, 3.63) is 11.8 Å². The Hall–Kier alpha value is -3.75. The van der Waals surface area contributed by atoms with Crippen molar-refractivity contribution < 1.29 is 47.7 Å². The molecule has 2 heterocycles. The van der Waals surface area contributed by atoms with E-state index in [9.17, 15) is 24.0 Å². The minimum Gasteiger partial charge on any atom is -0.477 e. The Morgan fingerprint density at radius 1 is 1.21 bits per heavy atom. The fourth-order valence-electron chi connectivity index (χ4n) is 3.40. The second kappa shape index (κ2) is 12.5. The molecule has 0 saturated carbocycles. The van der Waals surface area contributed by atoms with Crippen LogP contribution in [0.3, 0.4) is 0 Å². The average molecular weight is 487 g/mol. The molecule has 15 heteroatoms. The largest absolute Gasteiger partial charge is 0.508 e. The number of urea groups is 1. The van der Waals surface area contributed by atoms with Gasteiger partial charge in [-0.05, 0) is 25.5 Å². The van der Waals surface area contributed by atoms with Crippen molar-refractivity contribution in [3.8, 4) is 0 Å². The van der Waals surface area contributed by atoms with Crippen LogP contribution in [0, 0.1) is 0 Å². The molecule has 34 heavy (non-hydrogen) atoms. The first kappa shape index (κ1) is 26.5. The number of cyclic esters (lactones) is 2. The molecule has 0 bridgehead atoms. The van der Waals surface area contributed by atoms with Crippen LogP contribution in [-0.2, 0) is 33.3 Å². The molecule has 0 aromatic carbocycles. The number of nitrogens with two attached hydrogens (primary N) is 2. The van der Waals surface area contributed by atoms with E-state index in [2.05, 4.69) is 20.7 Å². The zero-order valence-electron chi connectivity index (χ0n) is 18.7. The summed E-state index contributed by atoms with van der Waals surface area (Å²) in [5, 5.41) is 7.49. The molecule has 0 aromatic rings. The number of esters is 1. The predicted molar refractivity (Wildman–Crippen MR) is 112 cm³/mol. The maximum atomic E-state index is 12.5. The van der Waals surface area contributed by atoms with Gasteiger partial charge in [0.05, 0.1) is 19.2 Å². The Balaban J connectivity index is 2.39. The highest BCUT2D eigenvalue weighted by molar-refractivity contribution is 5.87. The Bertz CT molecular complexity index is 819. The second-order valence-electron chi connectivity index (χ2n) is 7.38. The Morgan fingerprint density at radius 2 is 1.94 bits per heavy atom. The number of hydrogen-bond acceptors (Lipinski definition) is 11. The highest BCUT2D eigenvalue weighted by atomic mass is 16.8. The van der Waals surface area contributed by atoms with Crippen molar-refractivity contribution in [2.24, 2.45) is 11.5 Å². The number of amides is 4. The zero-order valence-corrected chi connectivity index (χ0v) is 18.7. The topological polar surface area (TPSA) is 220 Å². The van der Waals surface area contributed by atoms with Crippen molar-refractivity contribution in [3.63, 3.8) is 0 Å². The molecule has 0 aliphatic carbocycles. The molecule has 15 nitrogen and oxygen atoms in total. The summed E-state index contributed by atoms with van der Waals surface area (Å²) in [4.78, 5) is 59.8. The van der Waals surface area contributed by atoms with E-state index >= 15 is 0 Å². The normalized spacial score (nSPS) is 24.3. The van der Waals surface area contributed by atoms with Gasteiger partial charge < -0.3 is 51.1 Å². The molecule has 1 saturated heterocycles. The van der Waals surface area contributed by atoms with Gasteiger partial charge in [0.2, 0.25) is 11.7 Å². The third-order valence-corrected chi connectivity index (χ3v) is 4.85. The van der Waals surface area contributed by atoms with E-state index in [1.807, 2.05) is 0 Å². The number of carbonyl (C=O) groups is 5. The summed E-state index contributed by atoms with van der Waals surface area (Å²) in [7, 11) is 1.10. The van der Waals surface area contributed by atoms with Gasteiger partial charge in [0.25, 0.3) is 0 Å². The summed E-state index contributed by atoms with van der Waals surface area (Å²) in [6, 6.07) is -3.15. The zero-order chi connectivity index (χ0) is 25.3. The third-order valence-electron chi connectivity index (χ3n) is 4.85. The maximum Gasteiger partial charge on any atom is 0.508 e. The molecule has 2 aliphatic rings. The molecule has 2 rings (SSSR count). The van der Waals surface area contributed by atoms with Crippen LogP contribution in [0.15, 0.2) is 11.8 Å². The van der Waals surface area contributed by atoms with Gasteiger partial charge in [0, 0.05) is 13.5 Å². The number of carbonyl (C=O) groups excluding carboxylic acids is 5. The number of ether oxygens (including phenoxy) is 5. The van der Waals surface area contributed by atoms with Gasteiger partial charge in [0.15, 0.2) is 18.3 Å². The van der Waals surface area contributed by atoms with Crippen molar-refractivity contribution in [1.82, 2.24) is 16.0 Å². The number of methoxy groups -OCH3 is 1. The van der Waals surface area contributed by atoms with Crippen LogP contribution in [0.4, 0.5) is 14.4 Å². The van der Waals surface area contributed by atoms with Crippen molar-refractivity contribution in [2.45, 2.75) is 50.2 Å². The molecule has 7 N–H and O–H groups in total. The summed E-state index contributed by atoms with van der Waals surface area (Å²) in [6.07, 6.45) is -3.33. The van der Waals surface area contributed by atoms with E-state index in [0.29, 0.717) is 19.4 Å². The van der Waals surface area contributed by atoms with Crippen LogP contribution in [-0.4, -0.2) is 87.4 Å². The average Bonchev–Trinajstić information content (AvgIpc) is 3.21. The van der Waals surface area contributed by atoms with Gasteiger partial charge in [-0.25, -0.2) is 19.2 Å². The van der Waals surface area contributed by atoms with Crippen molar-refractivity contribution in [2.75, 3.05) is 26.8 Å². The number of nitrogens with one attached hydrogen (secondary N) is 3. The van der Waals surface area contributed by atoms with E-state index in [0.717, 1.165) is 7.11 Å². The lowest BCUT2D eigenvalue weighted by atomic mass is 9.91. The van der Waals surface area contributed by atoms with Crippen LogP contribution in [0.25, 0.3) is 0 Å². The van der Waals surface area contributed by atoms with Gasteiger partial charge in [-0.1, -0.05) is 0 Å². The Kier molecular flexibility index (Phi) is 9.73. The minimum absolute atomic E-state index is 0.253. The monoisotopic (exact) mass is 487 g/mol. The number of hydrogen-bond donors (Lipinski definition) is 5. The first-order chi connectivity index (χ1) is 16.2. The lowest BCUT2D eigenvalue weighted by molar-refractivity contribution is -0.147. The molecule has 4 amide bonds. The molecule has 2 aliphatic heterocycles. The molecular weight excluding hydrogens is 458 g/mol. The van der Waals surface area contributed by atoms with E-state index < -0.39 is 60.6 Å². The molecule has 0 radical (unpaired) electrons. The summed E-state index contributed by atoms with van der Waals surface area (Å²) in [6.45, 7) is 1.60. The Labute approximate surface area is 194 Å². The molecule has 0 unspecified atom stereocenters. The maximum absolute atomic E-state index is 12.5. The lowest BCUT2D eigenvalue weighted by Gasteiger charge is -2.40. The van der Waals surface area contributed by atoms with Crippen molar-refractivity contribution in [1.29, 1.82) is 0 Å². The van der Waals surface area contributed by atoms with Crippen LogP contribution in [0.1, 0.15) is 19.8 Å². The third kappa shape index (κ3) is 7.40. The first-order valence-electron chi connectivity index (χ1n) is 10.4. The second-order valence-corrected chi connectivity index (χ2v) is 7.38. The predicted octanol–water partition coefficient (Wildman–Crippen LogP) is -1.65. The molecule has 0 spiro atoms. The van der Waals surface area contributed by atoms with E-state index in [4.69, 9.17) is 30.4 Å². The van der Waals surface area contributed by atoms with Crippen LogP contribution in [0.5, 0.6) is 0 Å². The summed E-state index contributed by atoms with van der Waals surface area (Å²) >= 11 is 0. The van der Waals surface area contributed by atoms with Gasteiger partial charge in [-0.3, -0.25) is 4.79 Å². The van der Waals surface area contributed by atoms with Gasteiger partial charge in [-0.2, -0.15) is 0 Å². The fraction of sp³-hybridized carbons (Fsp3) is 0.632. The first-order valence-corrected chi connectivity index (χ1v) is 10.4. The molecule has 0 aromatic heterocycles. The number of alkyl carbamates (subject to hydrolysis) is 1. The van der Waals surface area contributed by atoms with Crippen molar-refractivity contribution >= 4 is 30.2 Å². The molecule has 5 atom stereocenters. The molecule has 190 valence electrons. The van der Waals surface area contributed by atoms with E-state index in [1.165, 1.54) is 13.0 Å². The number of rotatable bonds is 10. The SMILES string of the molecule is COC(=O)C1=C[C@H](NC(N)=O)[C@@H](NC(C)=O)[C@H]([C@H](OC(=O)NCCCCN)[C@H]2COC(=O)O2)O1. The molecular formula is C19H29N5O10. The minimum atomic E-state index is -1.39. The fourth-order valence-corrected chi connectivity index (χ4v) is 3.40. The van der Waals surface area contributed by atoms with Gasteiger partial charge >= 0.3 is 24.2 Å². The quantitative estimate of drug-likeness (QED) is 0.133. The highest BCUT2D eigenvalue weighted by Gasteiger charge is 2.50. The van der Waals surface area contributed by atoms with Crippen LogP contribution in [0.2, 0.25) is 0 Å². The summed E-state index contributed by atoms with van der Waals surface area (Å²) in [5.74, 6) is -1.79. The van der Waals surface area contributed by atoms with Crippen LogP contribution < -0.4 is 27.4 Å². The Morgan fingerprint density at radius 3 is 2.50 bits per heavy atom. The van der Waals surface area contributed by atoms with E-state index in [-0.39, 0.29) is 18.9 Å².